The number of nitrogens with one attached hydrogen (secondary N) is 1. The number of hydrogen-bond acceptors (Lipinski definition) is 14. The van der Waals surface area contributed by atoms with Crippen LogP contribution in [0.4, 0.5) is 9.59 Å². The van der Waals surface area contributed by atoms with Gasteiger partial charge in [-0.15, -0.1) is 23.1 Å². The molecule has 37 heavy (non-hydrogen) atoms. The number of fused-ring (bicyclic) bond motifs is 1. The molecule has 3 N–H and O–H groups in total. The Balaban J connectivity index is 1.69. The maximum absolute atomic E-state index is 13.1. The number of hydrogen-bond donors (Lipinski definition) is 2. The van der Waals surface area contributed by atoms with Gasteiger partial charge in [0.15, 0.2) is 5.71 Å². The Bertz CT molecular complexity index is 1070. The van der Waals surface area contributed by atoms with Crippen LogP contribution < -0.4 is 11.1 Å². The van der Waals surface area contributed by atoms with E-state index in [0.717, 1.165) is 0 Å². The summed E-state index contributed by atoms with van der Waals surface area (Å²) in [5.74, 6) is -1.98. The highest BCUT2D eigenvalue weighted by Crippen LogP contribution is 2.43. The van der Waals surface area contributed by atoms with Gasteiger partial charge in [-0.3, -0.25) is 14.4 Å². The molecule has 0 bridgehead atoms. The minimum absolute atomic E-state index is 0.0388. The number of ether oxygens (including phenoxy) is 4. The first kappa shape index (κ1) is 28.0. The maximum atomic E-state index is 13.1. The average Bonchev–Trinajstić information content (AvgIpc) is 3.38. The Morgan fingerprint density at radius 3 is 2.70 bits per heavy atom. The average molecular weight is 560 g/mol. The van der Waals surface area contributed by atoms with Crippen molar-refractivity contribution in [3.05, 3.63) is 16.6 Å². The number of amides is 3. The second-order valence-corrected chi connectivity index (χ2v) is 9.60. The smallest absolute Gasteiger partial charge is 0.448 e. The fourth-order valence-electron chi connectivity index (χ4n) is 3.53. The van der Waals surface area contributed by atoms with Crippen LogP contribution in [-0.2, 0) is 38.2 Å². The molecule has 1 aromatic rings. The van der Waals surface area contributed by atoms with Crippen LogP contribution in [-0.4, -0.2) is 96.0 Å². The molecular formula is C20H25N5O10S2. The maximum Gasteiger partial charge on any atom is 0.511 e. The van der Waals surface area contributed by atoms with Gasteiger partial charge in [0.25, 0.3) is 5.91 Å². The van der Waals surface area contributed by atoms with E-state index in [1.807, 2.05) is 0 Å². The number of oxime groups is 1. The molecule has 0 aliphatic carbocycles. The largest absolute Gasteiger partial charge is 0.511 e. The van der Waals surface area contributed by atoms with Crippen molar-refractivity contribution in [2.24, 2.45) is 16.3 Å². The molecule has 2 saturated heterocycles. The lowest BCUT2D eigenvalue weighted by Gasteiger charge is -2.53. The zero-order valence-corrected chi connectivity index (χ0v) is 21.7. The fourth-order valence-corrected chi connectivity index (χ4v) is 5.58. The Morgan fingerprint density at radius 1 is 1.32 bits per heavy atom. The standard InChI is InChI=1S/C20H25N5O10S2/c1-4-32-19(30)35-10(2)34-17(28)20(7-33-18(21)29)6-25-15(27)13(16(25)37-8-20)23-14(26)12(24-31-3)11-5-36-9-22-11/h5,9-10,13,16H,4,6-8H2,1-3H3,(H2,21,29)(H,23,26)/t10?,13?,16-,20?/m1/s1. The summed E-state index contributed by atoms with van der Waals surface area (Å²) in [7, 11) is 1.28. The summed E-state index contributed by atoms with van der Waals surface area (Å²) >= 11 is 2.42. The predicted octanol–water partition coefficient (Wildman–Crippen LogP) is 0.0375. The highest BCUT2D eigenvalue weighted by atomic mass is 32.2. The first-order valence-electron chi connectivity index (χ1n) is 10.8. The predicted molar refractivity (Wildman–Crippen MR) is 127 cm³/mol. The van der Waals surface area contributed by atoms with Crippen LogP contribution in [0, 0.1) is 5.41 Å². The monoisotopic (exact) mass is 559 g/mol. The van der Waals surface area contributed by atoms with Gasteiger partial charge in [0.05, 0.1) is 12.1 Å². The molecule has 3 unspecified atom stereocenters. The van der Waals surface area contributed by atoms with E-state index in [2.05, 4.69) is 20.2 Å². The van der Waals surface area contributed by atoms with Crippen LogP contribution in [0.2, 0.25) is 0 Å². The van der Waals surface area contributed by atoms with E-state index in [1.54, 1.807) is 12.3 Å². The van der Waals surface area contributed by atoms with Crippen molar-refractivity contribution >= 4 is 58.8 Å². The molecule has 0 aromatic carbocycles. The van der Waals surface area contributed by atoms with Crippen molar-refractivity contribution < 1.29 is 47.8 Å². The first-order chi connectivity index (χ1) is 17.6. The highest BCUT2D eigenvalue weighted by Gasteiger charge is 2.58. The zero-order valence-electron chi connectivity index (χ0n) is 20.0. The summed E-state index contributed by atoms with van der Waals surface area (Å²) in [6.07, 6.45) is -3.47. The van der Waals surface area contributed by atoms with E-state index in [-0.39, 0.29) is 30.3 Å². The minimum Gasteiger partial charge on any atom is -0.448 e. The van der Waals surface area contributed by atoms with Gasteiger partial charge in [-0.2, -0.15) is 0 Å². The van der Waals surface area contributed by atoms with Gasteiger partial charge in [0.2, 0.25) is 12.2 Å². The summed E-state index contributed by atoms with van der Waals surface area (Å²) in [4.78, 5) is 71.7. The van der Waals surface area contributed by atoms with Gasteiger partial charge in [0.1, 0.15) is 36.2 Å². The van der Waals surface area contributed by atoms with E-state index in [1.165, 1.54) is 47.5 Å². The molecule has 202 valence electrons. The number of nitrogens with zero attached hydrogens (tertiary/aromatic N) is 3. The number of β-lactam (4-membered cyclic amide) rings is 1. The van der Waals surface area contributed by atoms with Crippen molar-refractivity contribution in [2.45, 2.75) is 31.6 Å². The van der Waals surface area contributed by atoms with E-state index >= 15 is 0 Å². The second kappa shape index (κ2) is 12.1. The Hall–Kier alpha value is -3.60. The zero-order chi connectivity index (χ0) is 27.2. The third-order valence-electron chi connectivity index (χ3n) is 5.23. The number of carbonyl (C=O) groups excluding carboxylic acids is 5. The van der Waals surface area contributed by atoms with Crippen molar-refractivity contribution in [3.63, 3.8) is 0 Å². The summed E-state index contributed by atoms with van der Waals surface area (Å²) in [6.45, 7) is 2.26. The first-order valence-corrected chi connectivity index (χ1v) is 12.8. The molecule has 2 aliphatic heterocycles. The molecule has 1 aromatic heterocycles. The molecule has 3 heterocycles. The lowest BCUT2D eigenvalue weighted by atomic mass is 9.88. The molecule has 4 atom stereocenters. The van der Waals surface area contributed by atoms with Gasteiger partial charge in [-0.1, -0.05) is 5.16 Å². The fraction of sp³-hybridized carbons (Fsp3) is 0.550. The SMILES string of the molecule is CCOC(=O)OC(C)OC(=O)C1(COC(N)=O)CS[C@@H]2C(NC(=O)C(=NOC)c3cscn3)C(=O)N2C1. The Labute approximate surface area is 218 Å². The van der Waals surface area contributed by atoms with Crippen LogP contribution in [0.15, 0.2) is 16.0 Å². The topological polar surface area (TPSA) is 198 Å². The van der Waals surface area contributed by atoms with E-state index in [4.69, 9.17) is 24.8 Å². The number of esters is 1. The second-order valence-electron chi connectivity index (χ2n) is 7.78. The Kier molecular flexibility index (Phi) is 9.14. The van der Waals surface area contributed by atoms with E-state index < -0.39 is 59.8 Å². The minimum atomic E-state index is -1.50. The van der Waals surface area contributed by atoms with Gasteiger partial charge < -0.3 is 39.7 Å². The molecule has 3 amide bonds. The van der Waals surface area contributed by atoms with Crippen LogP contribution in [0.1, 0.15) is 19.5 Å². The van der Waals surface area contributed by atoms with Gasteiger partial charge in [0, 0.05) is 24.6 Å². The van der Waals surface area contributed by atoms with Gasteiger partial charge in [-0.25, -0.2) is 14.6 Å². The van der Waals surface area contributed by atoms with Crippen molar-refractivity contribution in [2.75, 3.05) is 32.6 Å². The molecule has 0 saturated carbocycles. The van der Waals surface area contributed by atoms with E-state index in [9.17, 15) is 24.0 Å². The summed E-state index contributed by atoms with van der Waals surface area (Å²) in [5.41, 5.74) is 5.29. The molecule has 3 rings (SSSR count). The highest BCUT2D eigenvalue weighted by molar-refractivity contribution is 8.00. The van der Waals surface area contributed by atoms with Gasteiger partial charge in [-0.05, 0) is 6.92 Å². The lowest BCUT2D eigenvalue weighted by molar-refractivity contribution is -0.184. The number of primary amides is 1. The number of thiazole rings is 1. The Morgan fingerprint density at radius 2 is 2.08 bits per heavy atom. The summed E-state index contributed by atoms with van der Waals surface area (Å²) in [6, 6.07) is -0.907. The summed E-state index contributed by atoms with van der Waals surface area (Å²) in [5, 5.41) is 7.41. The van der Waals surface area contributed by atoms with Crippen molar-refractivity contribution in [1.29, 1.82) is 0 Å². The number of nitrogens with two attached hydrogens (primary N) is 1. The molecular weight excluding hydrogens is 534 g/mol. The molecule has 2 aliphatic rings. The number of carbonyl (C=O) groups is 5. The molecule has 15 nitrogen and oxygen atoms in total. The normalized spacial score (nSPS) is 23.6. The quantitative estimate of drug-likeness (QED) is 0.0976. The lowest BCUT2D eigenvalue weighted by Crippen LogP contribution is -2.74. The molecule has 0 radical (unpaired) electrons. The molecule has 0 spiro atoms. The molecule has 2 fully saturated rings. The number of aromatic nitrogens is 1. The number of rotatable bonds is 10. The van der Waals surface area contributed by atoms with Crippen molar-refractivity contribution in [1.82, 2.24) is 15.2 Å². The molecule has 17 heteroatoms. The third kappa shape index (κ3) is 6.40. The van der Waals surface area contributed by atoms with Crippen LogP contribution in [0.25, 0.3) is 0 Å². The number of thioether (sulfide) groups is 1. The van der Waals surface area contributed by atoms with Crippen LogP contribution >= 0.6 is 23.1 Å². The summed E-state index contributed by atoms with van der Waals surface area (Å²) < 4.78 is 19.6. The van der Waals surface area contributed by atoms with E-state index in [0.29, 0.717) is 0 Å². The third-order valence-corrected chi connectivity index (χ3v) is 7.40. The van der Waals surface area contributed by atoms with Crippen molar-refractivity contribution in [3.8, 4) is 0 Å². The van der Waals surface area contributed by atoms with Crippen LogP contribution in [0.3, 0.4) is 0 Å². The van der Waals surface area contributed by atoms with Gasteiger partial charge >= 0.3 is 18.2 Å². The van der Waals surface area contributed by atoms with Crippen LogP contribution in [0.5, 0.6) is 0 Å².